The number of benzene rings is 1. The Morgan fingerprint density at radius 3 is 2.40 bits per heavy atom. The molecule has 2 atom stereocenters. The SMILES string of the molecule is Cc1ccc(C(CNC(=O)NC(C)CO)N(C)C)cc1. The molecule has 0 heterocycles. The summed E-state index contributed by atoms with van der Waals surface area (Å²) < 4.78 is 0. The molecule has 0 saturated heterocycles. The van der Waals surface area contributed by atoms with Crippen LogP contribution in [0.25, 0.3) is 0 Å². The van der Waals surface area contributed by atoms with Gasteiger partial charge < -0.3 is 20.6 Å². The van der Waals surface area contributed by atoms with Gasteiger partial charge in [-0.25, -0.2) is 4.79 Å². The third kappa shape index (κ3) is 5.19. The third-order valence-corrected chi connectivity index (χ3v) is 3.19. The zero-order chi connectivity index (χ0) is 15.1. The standard InChI is InChI=1S/C15H25N3O2/c1-11-5-7-13(8-6-11)14(18(3)4)9-16-15(20)17-12(2)10-19/h5-8,12,14,19H,9-10H2,1-4H3,(H2,16,17,20). The minimum atomic E-state index is -0.259. The van der Waals surface area contributed by atoms with E-state index >= 15 is 0 Å². The van der Waals surface area contributed by atoms with E-state index in [9.17, 15) is 4.79 Å². The molecule has 112 valence electrons. The van der Waals surface area contributed by atoms with Crippen LogP contribution in [0.3, 0.4) is 0 Å². The van der Waals surface area contributed by atoms with E-state index in [0.29, 0.717) is 6.54 Å². The summed E-state index contributed by atoms with van der Waals surface area (Å²) in [6.45, 7) is 4.25. The summed E-state index contributed by atoms with van der Waals surface area (Å²) in [6, 6.07) is 7.91. The molecule has 0 saturated carbocycles. The van der Waals surface area contributed by atoms with Gasteiger partial charge in [0.2, 0.25) is 0 Å². The van der Waals surface area contributed by atoms with E-state index < -0.39 is 0 Å². The summed E-state index contributed by atoms with van der Waals surface area (Å²) in [7, 11) is 3.97. The molecule has 0 aromatic heterocycles. The van der Waals surface area contributed by atoms with Crippen molar-refractivity contribution in [3.05, 3.63) is 35.4 Å². The van der Waals surface area contributed by atoms with Crippen LogP contribution in [0.15, 0.2) is 24.3 Å². The van der Waals surface area contributed by atoms with Gasteiger partial charge in [0.1, 0.15) is 0 Å². The fourth-order valence-electron chi connectivity index (χ4n) is 1.90. The van der Waals surface area contributed by atoms with E-state index in [4.69, 9.17) is 5.11 Å². The van der Waals surface area contributed by atoms with Crippen LogP contribution >= 0.6 is 0 Å². The lowest BCUT2D eigenvalue weighted by atomic mass is 10.0. The zero-order valence-electron chi connectivity index (χ0n) is 12.7. The molecule has 0 fully saturated rings. The van der Waals surface area contributed by atoms with Gasteiger partial charge in [-0.05, 0) is 33.5 Å². The largest absolute Gasteiger partial charge is 0.394 e. The Hall–Kier alpha value is -1.59. The van der Waals surface area contributed by atoms with Gasteiger partial charge in [0.25, 0.3) is 0 Å². The second-order valence-electron chi connectivity index (χ2n) is 5.33. The fraction of sp³-hybridized carbons (Fsp3) is 0.533. The van der Waals surface area contributed by atoms with E-state index in [1.807, 2.05) is 14.1 Å². The quantitative estimate of drug-likeness (QED) is 0.735. The van der Waals surface area contributed by atoms with Crippen LogP contribution < -0.4 is 10.6 Å². The molecule has 2 unspecified atom stereocenters. The molecule has 0 aliphatic heterocycles. The number of aliphatic hydroxyl groups excluding tert-OH is 1. The van der Waals surface area contributed by atoms with Gasteiger partial charge in [0.05, 0.1) is 18.7 Å². The molecule has 1 rings (SSSR count). The van der Waals surface area contributed by atoms with Crippen molar-refractivity contribution in [3.8, 4) is 0 Å². The van der Waals surface area contributed by atoms with Crippen molar-refractivity contribution in [3.63, 3.8) is 0 Å². The van der Waals surface area contributed by atoms with Gasteiger partial charge in [-0.3, -0.25) is 0 Å². The smallest absolute Gasteiger partial charge is 0.315 e. The number of rotatable bonds is 6. The normalized spacial score (nSPS) is 13.9. The van der Waals surface area contributed by atoms with Crippen LogP contribution in [0.4, 0.5) is 4.79 Å². The number of hydrogen-bond donors (Lipinski definition) is 3. The maximum absolute atomic E-state index is 11.7. The van der Waals surface area contributed by atoms with Crippen LogP contribution in [0.2, 0.25) is 0 Å². The number of carbonyl (C=O) groups excluding carboxylic acids is 1. The number of nitrogens with zero attached hydrogens (tertiary/aromatic N) is 1. The highest BCUT2D eigenvalue weighted by atomic mass is 16.3. The lowest BCUT2D eigenvalue weighted by Gasteiger charge is -2.25. The molecule has 3 N–H and O–H groups in total. The molecular formula is C15H25N3O2. The highest BCUT2D eigenvalue weighted by molar-refractivity contribution is 5.74. The fourth-order valence-corrected chi connectivity index (χ4v) is 1.90. The molecule has 5 heteroatoms. The average molecular weight is 279 g/mol. The first kappa shape index (κ1) is 16.5. The molecule has 1 aromatic carbocycles. The number of urea groups is 1. The molecule has 20 heavy (non-hydrogen) atoms. The zero-order valence-corrected chi connectivity index (χ0v) is 12.7. The molecule has 0 bridgehead atoms. The van der Waals surface area contributed by atoms with Crippen molar-refractivity contribution in [2.24, 2.45) is 0 Å². The van der Waals surface area contributed by atoms with E-state index in [2.05, 4.69) is 46.7 Å². The molecule has 5 nitrogen and oxygen atoms in total. The average Bonchev–Trinajstić information content (AvgIpc) is 2.40. The monoisotopic (exact) mass is 279 g/mol. The van der Waals surface area contributed by atoms with Crippen LogP contribution in [-0.4, -0.2) is 49.3 Å². The van der Waals surface area contributed by atoms with Gasteiger partial charge in [-0.1, -0.05) is 29.8 Å². The molecule has 1 aromatic rings. The lowest BCUT2D eigenvalue weighted by Crippen LogP contribution is -2.44. The molecule has 0 aliphatic rings. The van der Waals surface area contributed by atoms with Crippen molar-refractivity contribution in [2.45, 2.75) is 25.9 Å². The summed E-state index contributed by atoms with van der Waals surface area (Å²) in [5.74, 6) is 0. The molecule has 0 radical (unpaired) electrons. The summed E-state index contributed by atoms with van der Waals surface area (Å²) in [4.78, 5) is 13.7. The van der Waals surface area contributed by atoms with Gasteiger partial charge in [0, 0.05) is 6.54 Å². The number of likely N-dealkylation sites (N-methyl/N-ethyl adjacent to an activating group) is 1. The van der Waals surface area contributed by atoms with Gasteiger partial charge >= 0.3 is 6.03 Å². The Labute approximate surface area is 121 Å². The highest BCUT2D eigenvalue weighted by Crippen LogP contribution is 2.17. The van der Waals surface area contributed by atoms with Crippen molar-refractivity contribution in [2.75, 3.05) is 27.2 Å². The van der Waals surface area contributed by atoms with Crippen molar-refractivity contribution < 1.29 is 9.90 Å². The first-order valence-corrected chi connectivity index (χ1v) is 6.82. The van der Waals surface area contributed by atoms with Crippen LogP contribution in [0.1, 0.15) is 24.1 Å². The Morgan fingerprint density at radius 2 is 1.90 bits per heavy atom. The second kappa shape index (κ2) is 7.87. The number of amides is 2. The molecule has 0 aliphatic carbocycles. The number of aryl methyl sites for hydroxylation is 1. The number of hydrogen-bond acceptors (Lipinski definition) is 3. The second-order valence-corrected chi connectivity index (χ2v) is 5.33. The first-order valence-electron chi connectivity index (χ1n) is 6.82. The summed E-state index contributed by atoms with van der Waals surface area (Å²) in [5.41, 5.74) is 2.38. The molecular weight excluding hydrogens is 254 g/mol. The van der Waals surface area contributed by atoms with Crippen LogP contribution in [0.5, 0.6) is 0 Å². The molecule has 2 amide bonds. The van der Waals surface area contributed by atoms with Crippen molar-refractivity contribution >= 4 is 6.03 Å². The number of aliphatic hydroxyl groups is 1. The number of nitrogens with one attached hydrogen (secondary N) is 2. The Balaban J connectivity index is 2.60. The highest BCUT2D eigenvalue weighted by Gasteiger charge is 2.15. The first-order chi connectivity index (χ1) is 9.43. The van der Waals surface area contributed by atoms with Gasteiger partial charge in [-0.15, -0.1) is 0 Å². The van der Waals surface area contributed by atoms with E-state index in [-0.39, 0.29) is 24.7 Å². The summed E-state index contributed by atoms with van der Waals surface area (Å²) in [6.07, 6.45) is 0. The van der Waals surface area contributed by atoms with Gasteiger partial charge in [0.15, 0.2) is 0 Å². The van der Waals surface area contributed by atoms with Crippen molar-refractivity contribution in [1.29, 1.82) is 0 Å². The Morgan fingerprint density at radius 1 is 1.30 bits per heavy atom. The summed E-state index contributed by atoms with van der Waals surface area (Å²) >= 11 is 0. The maximum atomic E-state index is 11.7. The Bertz CT molecular complexity index is 418. The van der Waals surface area contributed by atoms with Gasteiger partial charge in [-0.2, -0.15) is 0 Å². The summed E-state index contributed by atoms with van der Waals surface area (Å²) in [5, 5.41) is 14.4. The topological polar surface area (TPSA) is 64.6 Å². The predicted octanol–water partition coefficient (Wildman–Crippen LogP) is 1.28. The minimum absolute atomic E-state index is 0.0670. The predicted molar refractivity (Wildman–Crippen MR) is 80.7 cm³/mol. The van der Waals surface area contributed by atoms with Crippen LogP contribution in [-0.2, 0) is 0 Å². The third-order valence-electron chi connectivity index (χ3n) is 3.19. The van der Waals surface area contributed by atoms with E-state index in [0.717, 1.165) is 5.56 Å². The maximum Gasteiger partial charge on any atom is 0.315 e. The lowest BCUT2D eigenvalue weighted by molar-refractivity contribution is 0.215. The minimum Gasteiger partial charge on any atom is -0.394 e. The number of carbonyl (C=O) groups is 1. The Kier molecular flexibility index (Phi) is 6.48. The van der Waals surface area contributed by atoms with E-state index in [1.54, 1.807) is 6.92 Å². The van der Waals surface area contributed by atoms with Crippen LogP contribution in [0, 0.1) is 6.92 Å². The van der Waals surface area contributed by atoms with Crippen molar-refractivity contribution in [1.82, 2.24) is 15.5 Å². The van der Waals surface area contributed by atoms with E-state index in [1.165, 1.54) is 5.56 Å². The molecule has 0 spiro atoms.